The van der Waals surface area contributed by atoms with Gasteiger partial charge in [0.15, 0.2) is 0 Å². The summed E-state index contributed by atoms with van der Waals surface area (Å²) in [7, 11) is 0. The molecule has 0 aliphatic carbocycles. The fraction of sp³-hybridized carbons (Fsp3) is 0.538. The molecule has 0 atom stereocenters. The zero-order chi connectivity index (χ0) is 15.5. The van der Waals surface area contributed by atoms with Gasteiger partial charge in [-0.2, -0.15) is 13.2 Å². The van der Waals surface area contributed by atoms with E-state index in [0.29, 0.717) is 26.2 Å². The van der Waals surface area contributed by atoms with Gasteiger partial charge in [-0.1, -0.05) is 0 Å². The molecule has 0 saturated carbocycles. The number of aromatic carboxylic acids is 1. The first-order valence-electron chi connectivity index (χ1n) is 6.58. The van der Waals surface area contributed by atoms with Crippen LogP contribution in [0.5, 0.6) is 0 Å². The number of piperazine rings is 1. The minimum atomic E-state index is -4.13. The maximum absolute atomic E-state index is 12.2. The molecule has 1 aliphatic heterocycles. The smallest absolute Gasteiger partial charge is 0.390 e. The summed E-state index contributed by atoms with van der Waals surface area (Å²) in [5.74, 6) is -1.10. The number of carboxylic acids is 1. The Kier molecular flexibility index (Phi) is 4.66. The zero-order valence-corrected chi connectivity index (χ0v) is 11.3. The van der Waals surface area contributed by atoms with Crippen LogP contribution in [-0.2, 0) is 0 Å². The first-order valence-corrected chi connectivity index (χ1v) is 6.58. The van der Waals surface area contributed by atoms with E-state index < -0.39 is 18.6 Å². The number of halogens is 3. The summed E-state index contributed by atoms with van der Waals surface area (Å²) in [6.07, 6.45) is -3.50. The van der Waals surface area contributed by atoms with Crippen LogP contribution in [0.2, 0.25) is 0 Å². The molecule has 8 heteroatoms. The third-order valence-electron chi connectivity index (χ3n) is 3.41. The molecule has 116 valence electrons. The lowest BCUT2D eigenvalue weighted by Crippen LogP contribution is -2.47. The second kappa shape index (κ2) is 6.30. The van der Waals surface area contributed by atoms with Crippen LogP contribution >= 0.6 is 0 Å². The molecule has 0 unspecified atom stereocenters. The summed E-state index contributed by atoms with van der Waals surface area (Å²) in [5, 5.41) is 8.90. The van der Waals surface area contributed by atoms with Gasteiger partial charge in [-0.05, 0) is 12.1 Å². The number of anilines is 1. The first-order chi connectivity index (χ1) is 9.85. The van der Waals surface area contributed by atoms with Gasteiger partial charge in [0.25, 0.3) is 0 Å². The fourth-order valence-corrected chi connectivity index (χ4v) is 2.25. The molecule has 1 fully saturated rings. The highest BCUT2D eigenvalue weighted by molar-refractivity contribution is 5.86. The summed E-state index contributed by atoms with van der Waals surface area (Å²) in [4.78, 5) is 18.3. The van der Waals surface area contributed by atoms with E-state index >= 15 is 0 Å². The summed E-state index contributed by atoms with van der Waals surface area (Å²) in [6, 6.07) is 3.19. The zero-order valence-electron chi connectivity index (χ0n) is 11.3. The quantitative estimate of drug-likeness (QED) is 0.920. The molecule has 0 aromatic carbocycles. The minimum absolute atomic E-state index is 0.00800. The van der Waals surface area contributed by atoms with Crippen molar-refractivity contribution in [2.24, 2.45) is 0 Å². The van der Waals surface area contributed by atoms with Gasteiger partial charge in [0, 0.05) is 44.6 Å². The Morgan fingerprint density at radius 3 is 2.52 bits per heavy atom. The van der Waals surface area contributed by atoms with E-state index in [1.165, 1.54) is 12.3 Å². The van der Waals surface area contributed by atoms with E-state index in [9.17, 15) is 18.0 Å². The highest BCUT2D eigenvalue weighted by Crippen LogP contribution is 2.21. The topological polar surface area (TPSA) is 56.7 Å². The normalized spacial score (nSPS) is 17.0. The highest BCUT2D eigenvalue weighted by Gasteiger charge is 2.28. The highest BCUT2D eigenvalue weighted by atomic mass is 19.4. The third-order valence-corrected chi connectivity index (χ3v) is 3.41. The van der Waals surface area contributed by atoms with Crippen molar-refractivity contribution in [2.75, 3.05) is 37.6 Å². The molecule has 1 aromatic heterocycles. The van der Waals surface area contributed by atoms with Gasteiger partial charge in [-0.15, -0.1) is 0 Å². The molecule has 1 saturated heterocycles. The number of pyridine rings is 1. The van der Waals surface area contributed by atoms with Crippen molar-refractivity contribution in [3.63, 3.8) is 0 Å². The van der Waals surface area contributed by atoms with Crippen LogP contribution in [0, 0.1) is 0 Å². The van der Waals surface area contributed by atoms with Crippen molar-refractivity contribution in [3.05, 3.63) is 24.0 Å². The van der Waals surface area contributed by atoms with Crippen LogP contribution in [0.4, 0.5) is 18.9 Å². The van der Waals surface area contributed by atoms with Crippen LogP contribution in [0.3, 0.4) is 0 Å². The van der Waals surface area contributed by atoms with Crippen molar-refractivity contribution < 1.29 is 23.1 Å². The Hall–Kier alpha value is -1.83. The van der Waals surface area contributed by atoms with Gasteiger partial charge in [-0.25, -0.2) is 9.78 Å². The number of carboxylic acid groups (broad SMARTS) is 1. The molecule has 2 heterocycles. The average molecular weight is 303 g/mol. The number of hydrogen-bond donors (Lipinski definition) is 1. The Bertz CT molecular complexity index is 500. The number of aromatic nitrogens is 1. The van der Waals surface area contributed by atoms with Crippen LogP contribution < -0.4 is 4.90 Å². The Labute approximate surface area is 120 Å². The van der Waals surface area contributed by atoms with Crippen molar-refractivity contribution >= 4 is 11.7 Å². The maximum atomic E-state index is 12.2. The molecular formula is C13H16F3N3O2. The van der Waals surface area contributed by atoms with Crippen molar-refractivity contribution in [2.45, 2.75) is 12.6 Å². The predicted molar refractivity (Wildman–Crippen MR) is 70.5 cm³/mol. The Morgan fingerprint density at radius 1 is 1.29 bits per heavy atom. The van der Waals surface area contributed by atoms with Gasteiger partial charge >= 0.3 is 12.1 Å². The van der Waals surface area contributed by atoms with Crippen molar-refractivity contribution in [1.29, 1.82) is 0 Å². The largest absolute Gasteiger partial charge is 0.477 e. The molecule has 1 N–H and O–H groups in total. The van der Waals surface area contributed by atoms with Gasteiger partial charge in [0.05, 0.1) is 6.42 Å². The lowest BCUT2D eigenvalue weighted by atomic mass is 10.2. The number of nitrogens with zero attached hydrogens (tertiary/aromatic N) is 3. The number of rotatable bonds is 4. The third kappa shape index (κ3) is 4.59. The van der Waals surface area contributed by atoms with E-state index in [4.69, 9.17) is 5.11 Å². The monoisotopic (exact) mass is 303 g/mol. The standard InChI is InChI=1S/C13H16F3N3O2/c14-13(15,16)2-4-18-5-7-19(8-6-18)10-1-3-17-11(9-10)12(20)21/h1,3,9H,2,4-8H2,(H,20,21). The molecule has 0 bridgehead atoms. The van der Waals surface area contributed by atoms with Crippen LogP contribution in [0.15, 0.2) is 18.3 Å². The van der Waals surface area contributed by atoms with Crippen molar-refractivity contribution in [1.82, 2.24) is 9.88 Å². The minimum Gasteiger partial charge on any atom is -0.477 e. The summed E-state index contributed by atoms with van der Waals surface area (Å²) in [6.45, 7) is 2.21. The van der Waals surface area contributed by atoms with E-state index in [0.717, 1.165) is 5.69 Å². The molecule has 0 amide bonds. The summed E-state index contributed by atoms with van der Waals surface area (Å²) >= 11 is 0. The summed E-state index contributed by atoms with van der Waals surface area (Å²) in [5.41, 5.74) is 0.699. The molecule has 5 nitrogen and oxygen atoms in total. The molecule has 0 radical (unpaired) electrons. The Morgan fingerprint density at radius 2 is 1.95 bits per heavy atom. The first kappa shape index (κ1) is 15.6. The second-order valence-electron chi connectivity index (χ2n) is 4.90. The number of carbonyl (C=O) groups is 1. The lowest BCUT2D eigenvalue weighted by Gasteiger charge is -2.36. The van der Waals surface area contributed by atoms with Crippen molar-refractivity contribution in [3.8, 4) is 0 Å². The van der Waals surface area contributed by atoms with Gasteiger partial charge < -0.3 is 10.0 Å². The lowest BCUT2D eigenvalue weighted by molar-refractivity contribution is -0.138. The van der Waals surface area contributed by atoms with Crippen LogP contribution in [0.1, 0.15) is 16.9 Å². The van der Waals surface area contributed by atoms with E-state index in [1.807, 2.05) is 4.90 Å². The predicted octanol–water partition coefficient (Wildman–Crippen LogP) is 1.85. The maximum Gasteiger partial charge on any atom is 0.390 e. The molecule has 2 rings (SSSR count). The molecule has 0 spiro atoms. The number of hydrogen-bond acceptors (Lipinski definition) is 4. The van der Waals surface area contributed by atoms with E-state index in [1.54, 1.807) is 11.0 Å². The molecular weight excluding hydrogens is 287 g/mol. The van der Waals surface area contributed by atoms with Crippen LogP contribution in [-0.4, -0.2) is 59.9 Å². The Balaban J connectivity index is 1.89. The second-order valence-corrected chi connectivity index (χ2v) is 4.90. The average Bonchev–Trinajstić information content (AvgIpc) is 2.45. The summed E-state index contributed by atoms with van der Waals surface area (Å²) < 4.78 is 36.5. The number of alkyl halides is 3. The molecule has 21 heavy (non-hydrogen) atoms. The van der Waals surface area contributed by atoms with Gasteiger partial charge in [-0.3, -0.25) is 4.90 Å². The fourth-order valence-electron chi connectivity index (χ4n) is 2.25. The van der Waals surface area contributed by atoms with E-state index in [-0.39, 0.29) is 12.2 Å². The van der Waals surface area contributed by atoms with E-state index in [2.05, 4.69) is 4.98 Å². The molecule has 1 aliphatic rings. The van der Waals surface area contributed by atoms with Gasteiger partial charge in [0.2, 0.25) is 0 Å². The molecule has 1 aromatic rings. The van der Waals surface area contributed by atoms with Gasteiger partial charge in [0.1, 0.15) is 5.69 Å². The SMILES string of the molecule is O=C(O)c1cc(N2CCN(CCC(F)(F)F)CC2)ccn1. The van der Waals surface area contributed by atoms with Crippen LogP contribution in [0.25, 0.3) is 0 Å².